The number of rotatable bonds is 4. The van der Waals surface area contributed by atoms with Crippen LogP contribution in [0.25, 0.3) is 0 Å². The zero-order chi connectivity index (χ0) is 14.8. The highest BCUT2D eigenvalue weighted by Crippen LogP contribution is 2.37. The first kappa shape index (κ1) is 14.9. The highest BCUT2D eigenvalue weighted by Gasteiger charge is 2.31. The van der Waals surface area contributed by atoms with Crippen LogP contribution >= 0.6 is 0 Å². The van der Waals surface area contributed by atoms with Gasteiger partial charge in [-0.25, -0.2) is 0 Å². The van der Waals surface area contributed by atoms with Crippen molar-refractivity contribution in [1.29, 1.82) is 0 Å². The maximum atomic E-state index is 10.4. The fourth-order valence-corrected chi connectivity index (χ4v) is 2.66. The van der Waals surface area contributed by atoms with Crippen molar-refractivity contribution in [3.63, 3.8) is 0 Å². The number of phenols is 3. The van der Waals surface area contributed by atoms with Crippen molar-refractivity contribution in [1.82, 2.24) is 5.32 Å². The Morgan fingerprint density at radius 1 is 1.15 bits per heavy atom. The fraction of sp³-hybridized carbons (Fsp3) is 0.600. The number of aromatic hydroxyl groups is 3. The predicted octanol–water partition coefficient (Wildman–Crippen LogP) is 1.83. The van der Waals surface area contributed by atoms with Crippen LogP contribution in [-0.4, -0.2) is 32.6 Å². The van der Waals surface area contributed by atoms with Gasteiger partial charge in [0, 0.05) is 18.7 Å². The van der Waals surface area contributed by atoms with Gasteiger partial charge in [-0.05, 0) is 37.7 Å². The molecule has 0 radical (unpaired) electrons. The number of hydrogen-bond acceptors (Lipinski definition) is 5. The van der Waals surface area contributed by atoms with Crippen molar-refractivity contribution in [2.24, 2.45) is 5.92 Å². The van der Waals surface area contributed by atoms with Crippen molar-refractivity contribution in [3.8, 4) is 17.2 Å². The van der Waals surface area contributed by atoms with Gasteiger partial charge in [0.2, 0.25) is 5.75 Å². The van der Waals surface area contributed by atoms with Crippen molar-refractivity contribution in [3.05, 3.63) is 17.7 Å². The van der Waals surface area contributed by atoms with Crippen LogP contribution in [0.15, 0.2) is 12.1 Å². The molecule has 0 heterocycles. The monoisotopic (exact) mass is 281 g/mol. The molecule has 1 aliphatic rings. The molecule has 0 atom stereocenters. The summed E-state index contributed by atoms with van der Waals surface area (Å²) in [7, 11) is 0. The number of hydrogen-bond donors (Lipinski definition) is 5. The topological polar surface area (TPSA) is 93.0 Å². The molecule has 0 bridgehead atoms. The van der Waals surface area contributed by atoms with E-state index in [9.17, 15) is 20.4 Å². The first-order valence-corrected chi connectivity index (χ1v) is 7.07. The molecule has 5 nitrogen and oxygen atoms in total. The molecule has 0 aliphatic heterocycles. The molecule has 112 valence electrons. The zero-order valence-corrected chi connectivity index (χ0v) is 11.8. The smallest absolute Gasteiger partial charge is 0.200 e. The largest absolute Gasteiger partial charge is 0.504 e. The van der Waals surface area contributed by atoms with E-state index in [1.165, 1.54) is 6.07 Å². The van der Waals surface area contributed by atoms with E-state index in [0.717, 1.165) is 25.7 Å². The zero-order valence-electron chi connectivity index (χ0n) is 11.8. The minimum atomic E-state index is -0.679. The summed E-state index contributed by atoms with van der Waals surface area (Å²) in [6.45, 7) is 2.99. The summed E-state index contributed by atoms with van der Waals surface area (Å²) in [6.07, 6.45) is 3.63. The molecule has 20 heavy (non-hydrogen) atoms. The Morgan fingerprint density at radius 3 is 2.45 bits per heavy atom. The molecule has 1 aromatic carbocycles. The van der Waals surface area contributed by atoms with E-state index < -0.39 is 11.4 Å². The fourth-order valence-electron chi connectivity index (χ4n) is 2.66. The summed E-state index contributed by atoms with van der Waals surface area (Å²) in [6, 6.07) is 2.88. The minimum absolute atomic E-state index is 0.318. The van der Waals surface area contributed by atoms with E-state index in [0.29, 0.717) is 24.6 Å². The van der Waals surface area contributed by atoms with Crippen LogP contribution in [-0.2, 0) is 6.54 Å². The maximum Gasteiger partial charge on any atom is 0.200 e. The molecule has 0 amide bonds. The van der Waals surface area contributed by atoms with Crippen LogP contribution in [0.3, 0.4) is 0 Å². The molecule has 2 rings (SSSR count). The Balaban J connectivity index is 1.89. The van der Waals surface area contributed by atoms with E-state index in [1.54, 1.807) is 6.07 Å². The summed E-state index contributed by atoms with van der Waals surface area (Å²) in [5.41, 5.74) is -0.186. The summed E-state index contributed by atoms with van der Waals surface area (Å²) < 4.78 is 0. The van der Waals surface area contributed by atoms with Gasteiger partial charge in [-0.1, -0.05) is 13.0 Å². The molecule has 0 saturated heterocycles. The Hall–Kier alpha value is -1.46. The molecule has 1 aliphatic carbocycles. The van der Waals surface area contributed by atoms with Crippen molar-refractivity contribution >= 4 is 0 Å². The SMILES string of the molecule is CC1CCC(O)(CNCc2ccc(O)c(O)c2O)CC1. The van der Waals surface area contributed by atoms with Gasteiger partial charge in [0.25, 0.3) is 0 Å². The molecule has 0 spiro atoms. The normalized spacial score (nSPS) is 26.6. The molecule has 5 N–H and O–H groups in total. The molecule has 0 aromatic heterocycles. The molecule has 1 aromatic rings. The van der Waals surface area contributed by atoms with Gasteiger partial charge in [0.1, 0.15) is 0 Å². The molecular weight excluding hydrogens is 258 g/mol. The highest BCUT2D eigenvalue weighted by molar-refractivity contribution is 5.52. The average Bonchev–Trinajstić information content (AvgIpc) is 2.43. The van der Waals surface area contributed by atoms with Gasteiger partial charge < -0.3 is 25.7 Å². The second-order valence-corrected chi connectivity index (χ2v) is 5.95. The summed E-state index contributed by atoms with van der Waals surface area (Å²) in [5.74, 6) is -0.490. The maximum absolute atomic E-state index is 10.4. The van der Waals surface area contributed by atoms with Crippen molar-refractivity contribution in [2.75, 3.05) is 6.54 Å². The first-order valence-electron chi connectivity index (χ1n) is 7.07. The lowest BCUT2D eigenvalue weighted by atomic mass is 9.79. The van der Waals surface area contributed by atoms with Crippen LogP contribution in [0.1, 0.15) is 38.2 Å². The highest BCUT2D eigenvalue weighted by atomic mass is 16.3. The second-order valence-electron chi connectivity index (χ2n) is 5.95. The third-order valence-electron chi connectivity index (χ3n) is 4.19. The number of nitrogens with one attached hydrogen (secondary N) is 1. The lowest BCUT2D eigenvalue weighted by Gasteiger charge is -2.35. The Kier molecular flexibility index (Phi) is 4.40. The molecule has 0 unspecified atom stereocenters. The third-order valence-corrected chi connectivity index (χ3v) is 4.19. The predicted molar refractivity (Wildman–Crippen MR) is 75.7 cm³/mol. The quantitative estimate of drug-likeness (QED) is 0.543. The van der Waals surface area contributed by atoms with E-state index in [-0.39, 0.29) is 11.5 Å². The van der Waals surface area contributed by atoms with Crippen molar-refractivity contribution < 1.29 is 20.4 Å². The van der Waals surface area contributed by atoms with E-state index in [4.69, 9.17) is 0 Å². The van der Waals surface area contributed by atoms with E-state index in [2.05, 4.69) is 12.2 Å². The van der Waals surface area contributed by atoms with Gasteiger partial charge in [-0.3, -0.25) is 0 Å². The summed E-state index contributed by atoms with van der Waals surface area (Å²) in [4.78, 5) is 0. The Labute approximate surface area is 118 Å². The van der Waals surface area contributed by atoms with Crippen LogP contribution < -0.4 is 5.32 Å². The molecule has 5 heteroatoms. The lowest BCUT2D eigenvalue weighted by Crippen LogP contribution is -2.43. The molecule has 1 saturated carbocycles. The Morgan fingerprint density at radius 2 is 1.80 bits per heavy atom. The standard InChI is InChI=1S/C15H23NO4/c1-10-4-6-15(20,7-5-10)9-16-8-11-2-3-12(17)14(19)13(11)18/h2-3,10,16-20H,4-9H2,1H3. The van der Waals surface area contributed by atoms with E-state index >= 15 is 0 Å². The average molecular weight is 281 g/mol. The van der Waals surface area contributed by atoms with Crippen LogP contribution in [0.2, 0.25) is 0 Å². The molecule has 1 fully saturated rings. The van der Waals surface area contributed by atoms with Gasteiger partial charge in [-0.2, -0.15) is 0 Å². The lowest BCUT2D eigenvalue weighted by molar-refractivity contribution is -0.00633. The minimum Gasteiger partial charge on any atom is -0.504 e. The molecular formula is C15H23NO4. The second kappa shape index (κ2) is 5.89. The number of aliphatic hydroxyl groups is 1. The van der Waals surface area contributed by atoms with Gasteiger partial charge in [-0.15, -0.1) is 0 Å². The third kappa shape index (κ3) is 3.35. The van der Waals surface area contributed by atoms with E-state index in [1.807, 2.05) is 0 Å². The van der Waals surface area contributed by atoms with Gasteiger partial charge in [0.05, 0.1) is 5.60 Å². The summed E-state index contributed by atoms with van der Waals surface area (Å²) in [5, 5.41) is 41.9. The first-order chi connectivity index (χ1) is 9.41. The number of benzene rings is 1. The van der Waals surface area contributed by atoms with Gasteiger partial charge >= 0.3 is 0 Å². The Bertz CT molecular complexity index is 467. The summed E-state index contributed by atoms with van der Waals surface area (Å²) >= 11 is 0. The van der Waals surface area contributed by atoms with Crippen LogP contribution in [0.4, 0.5) is 0 Å². The van der Waals surface area contributed by atoms with Crippen LogP contribution in [0.5, 0.6) is 17.2 Å². The van der Waals surface area contributed by atoms with Crippen molar-refractivity contribution in [2.45, 2.75) is 44.8 Å². The van der Waals surface area contributed by atoms with Gasteiger partial charge in [0.15, 0.2) is 11.5 Å². The number of phenolic OH excluding ortho intramolecular Hbond substituents is 3. The van der Waals surface area contributed by atoms with Crippen LogP contribution in [0, 0.1) is 5.92 Å².